The van der Waals surface area contributed by atoms with E-state index in [4.69, 9.17) is 10.8 Å². The van der Waals surface area contributed by atoms with Gasteiger partial charge in [-0.3, -0.25) is 9.69 Å². The number of nitrogens with zero attached hydrogens (tertiary/aromatic N) is 1. The molecule has 3 atom stereocenters. The van der Waals surface area contributed by atoms with E-state index in [0.29, 0.717) is 12.0 Å². The summed E-state index contributed by atoms with van der Waals surface area (Å²) in [5, 5.41) is 8.78. The van der Waals surface area contributed by atoms with Crippen LogP contribution in [0.2, 0.25) is 0 Å². The molecule has 0 aromatic carbocycles. The molecule has 104 valence electrons. The van der Waals surface area contributed by atoms with Crippen LogP contribution in [0, 0.1) is 11.8 Å². The largest absolute Gasteiger partial charge is 0.481 e. The predicted octanol–water partition coefficient (Wildman–Crippen LogP) is 1.69. The third-order valence-corrected chi connectivity index (χ3v) is 4.42. The van der Waals surface area contributed by atoms with Crippen molar-refractivity contribution in [2.45, 2.75) is 57.5 Å². The molecule has 0 radical (unpaired) electrons. The summed E-state index contributed by atoms with van der Waals surface area (Å²) in [6.07, 6.45) is 5.98. The molecular weight excluding hydrogens is 228 g/mol. The van der Waals surface area contributed by atoms with E-state index in [1.807, 2.05) is 0 Å². The van der Waals surface area contributed by atoms with E-state index in [1.165, 1.54) is 19.3 Å². The Kier molecular flexibility index (Phi) is 4.62. The number of carboxylic acids is 1. The topological polar surface area (TPSA) is 66.6 Å². The van der Waals surface area contributed by atoms with Crippen LogP contribution in [-0.2, 0) is 4.79 Å². The Bertz CT molecular complexity index is 292. The Hall–Kier alpha value is -0.610. The van der Waals surface area contributed by atoms with Crippen LogP contribution in [0.25, 0.3) is 0 Å². The van der Waals surface area contributed by atoms with Crippen LogP contribution in [-0.4, -0.2) is 41.1 Å². The van der Waals surface area contributed by atoms with Crippen molar-refractivity contribution < 1.29 is 9.90 Å². The molecule has 4 heteroatoms. The third-order valence-electron chi connectivity index (χ3n) is 4.42. The van der Waals surface area contributed by atoms with Gasteiger partial charge in [0.1, 0.15) is 0 Å². The zero-order valence-corrected chi connectivity index (χ0v) is 11.3. The lowest BCUT2D eigenvalue weighted by Crippen LogP contribution is -2.51. The van der Waals surface area contributed by atoms with Gasteiger partial charge in [0.2, 0.25) is 0 Å². The van der Waals surface area contributed by atoms with Gasteiger partial charge in [-0.2, -0.15) is 0 Å². The average molecular weight is 254 g/mol. The quantitative estimate of drug-likeness (QED) is 0.757. The van der Waals surface area contributed by atoms with Crippen molar-refractivity contribution in [3.63, 3.8) is 0 Å². The van der Waals surface area contributed by atoms with E-state index in [1.54, 1.807) is 0 Å². The molecule has 3 N–H and O–H groups in total. The SMILES string of the molecule is CCC(C1CC1)N1CC(N)CC(CCC(=O)O)C1. The molecule has 3 unspecified atom stereocenters. The fraction of sp³-hybridized carbons (Fsp3) is 0.929. The number of carbonyl (C=O) groups is 1. The molecule has 0 aromatic rings. The maximum Gasteiger partial charge on any atom is 0.303 e. The first-order chi connectivity index (χ1) is 8.60. The van der Waals surface area contributed by atoms with Crippen LogP contribution < -0.4 is 5.73 Å². The highest BCUT2D eigenvalue weighted by molar-refractivity contribution is 5.66. The van der Waals surface area contributed by atoms with Crippen LogP contribution in [0.4, 0.5) is 0 Å². The number of piperidine rings is 1. The number of likely N-dealkylation sites (tertiary alicyclic amines) is 1. The second kappa shape index (κ2) is 6.02. The van der Waals surface area contributed by atoms with Crippen molar-refractivity contribution in [3.8, 4) is 0 Å². The molecule has 1 heterocycles. The van der Waals surface area contributed by atoms with Crippen molar-refractivity contribution in [2.75, 3.05) is 13.1 Å². The third kappa shape index (κ3) is 3.69. The Morgan fingerprint density at radius 1 is 1.44 bits per heavy atom. The van der Waals surface area contributed by atoms with Gasteiger partial charge in [-0.15, -0.1) is 0 Å². The Balaban J connectivity index is 1.88. The zero-order valence-electron chi connectivity index (χ0n) is 11.3. The molecule has 0 amide bonds. The molecule has 4 nitrogen and oxygen atoms in total. The summed E-state index contributed by atoms with van der Waals surface area (Å²) in [6.45, 7) is 4.31. The zero-order chi connectivity index (χ0) is 13.1. The van der Waals surface area contributed by atoms with E-state index in [0.717, 1.165) is 31.8 Å². The first kappa shape index (κ1) is 13.8. The van der Waals surface area contributed by atoms with Crippen molar-refractivity contribution in [3.05, 3.63) is 0 Å². The van der Waals surface area contributed by atoms with E-state index >= 15 is 0 Å². The lowest BCUT2D eigenvalue weighted by molar-refractivity contribution is -0.137. The van der Waals surface area contributed by atoms with Crippen LogP contribution in [0.15, 0.2) is 0 Å². The average Bonchev–Trinajstić information content (AvgIpc) is 3.11. The van der Waals surface area contributed by atoms with Crippen LogP contribution in [0.1, 0.15) is 45.4 Å². The molecule has 2 aliphatic rings. The second-order valence-corrected chi connectivity index (χ2v) is 6.06. The minimum atomic E-state index is -0.685. The van der Waals surface area contributed by atoms with Gasteiger partial charge in [-0.25, -0.2) is 0 Å². The van der Waals surface area contributed by atoms with Crippen LogP contribution in [0.3, 0.4) is 0 Å². The minimum absolute atomic E-state index is 0.227. The number of hydrogen-bond acceptors (Lipinski definition) is 3. The van der Waals surface area contributed by atoms with E-state index < -0.39 is 5.97 Å². The van der Waals surface area contributed by atoms with Crippen molar-refractivity contribution >= 4 is 5.97 Å². The summed E-state index contributed by atoms with van der Waals surface area (Å²) in [5.41, 5.74) is 6.15. The molecule has 0 spiro atoms. The second-order valence-electron chi connectivity index (χ2n) is 6.06. The summed E-state index contributed by atoms with van der Waals surface area (Å²) < 4.78 is 0. The lowest BCUT2D eigenvalue weighted by Gasteiger charge is -2.41. The number of aliphatic carboxylic acids is 1. The fourth-order valence-electron chi connectivity index (χ4n) is 3.46. The van der Waals surface area contributed by atoms with Gasteiger partial charge in [0.15, 0.2) is 0 Å². The molecule has 1 aliphatic heterocycles. The Labute approximate surface area is 110 Å². The molecule has 2 rings (SSSR count). The number of carboxylic acid groups (broad SMARTS) is 1. The molecule has 0 aromatic heterocycles. The van der Waals surface area contributed by atoms with Crippen LogP contribution in [0.5, 0.6) is 0 Å². The molecule has 1 saturated carbocycles. The highest BCUT2D eigenvalue weighted by Gasteiger charge is 2.37. The van der Waals surface area contributed by atoms with Gasteiger partial charge in [0.25, 0.3) is 0 Å². The summed E-state index contributed by atoms with van der Waals surface area (Å²) in [4.78, 5) is 13.2. The highest BCUT2D eigenvalue weighted by Crippen LogP contribution is 2.38. The first-order valence-electron chi connectivity index (χ1n) is 7.31. The molecule has 1 saturated heterocycles. The van der Waals surface area contributed by atoms with Gasteiger partial charge < -0.3 is 10.8 Å². The van der Waals surface area contributed by atoms with E-state index in [-0.39, 0.29) is 12.5 Å². The monoisotopic (exact) mass is 254 g/mol. The van der Waals surface area contributed by atoms with Gasteiger partial charge in [0, 0.05) is 31.6 Å². The molecule has 18 heavy (non-hydrogen) atoms. The number of hydrogen-bond donors (Lipinski definition) is 2. The summed E-state index contributed by atoms with van der Waals surface area (Å²) >= 11 is 0. The molecule has 1 aliphatic carbocycles. The Morgan fingerprint density at radius 2 is 2.17 bits per heavy atom. The van der Waals surface area contributed by atoms with E-state index in [2.05, 4.69) is 11.8 Å². The van der Waals surface area contributed by atoms with Gasteiger partial charge in [0.05, 0.1) is 0 Å². The van der Waals surface area contributed by atoms with Gasteiger partial charge in [-0.05, 0) is 43.9 Å². The normalized spacial score (nSPS) is 31.2. The highest BCUT2D eigenvalue weighted by atomic mass is 16.4. The Morgan fingerprint density at radius 3 is 2.72 bits per heavy atom. The fourth-order valence-corrected chi connectivity index (χ4v) is 3.46. The van der Waals surface area contributed by atoms with Crippen LogP contribution >= 0.6 is 0 Å². The van der Waals surface area contributed by atoms with Crippen molar-refractivity contribution in [2.24, 2.45) is 17.6 Å². The van der Waals surface area contributed by atoms with Gasteiger partial charge >= 0.3 is 5.97 Å². The predicted molar refractivity (Wildman–Crippen MR) is 71.3 cm³/mol. The minimum Gasteiger partial charge on any atom is -0.481 e. The molecule has 0 bridgehead atoms. The summed E-state index contributed by atoms with van der Waals surface area (Å²) in [7, 11) is 0. The maximum absolute atomic E-state index is 10.7. The van der Waals surface area contributed by atoms with Crippen molar-refractivity contribution in [1.29, 1.82) is 0 Å². The molecule has 2 fully saturated rings. The standard InChI is InChI=1S/C14H26N2O2/c1-2-13(11-4-5-11)16-8-10(3-6-14(17)18)7-12(15)9-16/h10-13H,2-9,15H2,1H3,(H,17,18). The number of nitrogens with two attached hydrogens (primary N) is 1. The summed E-state index contributed by atoms with van der Waals surface area (Å²) in [5.74, 6) is 0.660. The first-order valence-corrected chi connectivity index (χ1v) is 7.31. The van der Waals surface area contributed by atoms with Gasteiger partial charge in [-0.1, -0.05) is 6.92 Å². The number of rotatable bonds is 6. The lowest BCUT2D eigenvalue weighted by atomic mass is 9.89. The maximum atomic E-state index is 10.7. The smallest absolute Gasteiger partial charge is 0.303 e. The van der Waals surface area contributed by atoms with Crippen molar-refractivity contribution in [1.82, 2.24) is 4.90 Å². The van der Waals surface area contributed by atoms with E-state index in [9.17, 15) is 4.79 Å². The summed E-state index contributed by atoms with van der Waals surface area (Å²) in [6, 6.07) is 0.911. The molecular formula is C14H26N2O2.